The van der Waals surface area contributed by atoms with Gasteiger partial charge in [0.1, 0.15) is 18.0 Å². The van der Waals surface area contributed by atoms with Crippen molar-refractivity contribution < 1.29 is 22.7 Å². The normalized spacial score (nSPS) is 20.4. The molecule has 15 nitrogen and oxygen atoms in total. The van der Waals surface area contributed by atoms with Gasteiger partial charge in [-0.05, 0) is 25.1 Å². The van der Waals surface area contributed by atoms with Crippen molar-refractivity contribution in [1.29, 1.82) is 0 Å². The predicted molar refractivity (Wildman–Crippen MR) is 122 cm³/mol. The maximum Gasteiger partial charge on any atom is 0.420 e. The van der Waals surface area contributed by atoms with Gasteiger partial charge in [-0.25, -0.2) is 27.8 Å². The maximum absolute atomic E-state index is 12.4. The Balaban J connectivity index is 1.43. The number of nitrogens with one attached hydrogen (secondary N) is 1. The molecule has 0 unspecified atom stereocenters. The molecule has 0 saturated carbocycles. The zero-order valence-electron chi connectivity index (χ0n) is 18.8. The van der Waals surface area contributed by atoms with Crippen LogP contribution in [0.4, 0.5) is 0 Å². The number of hydrogen-bond acceptors (Lipinski definition) is 10. The highest BCUT2D eigenvalue weighted by molar-refractivity contribution is 7.89. The van der Waals surface area contributed by atoms with Gasteiger partial charge in [0.15, 0.2) is 5.58 Å². The van der Waals surface area contributed by atoms with E-state index in [1.807, 2.05) is 0 Å². The number of sulfonamides is 1. The Bertz CT molecular complexity index is 1750. The first-order valence-electron chi connectivity index (χ1n) is 10.7. The third-order valence-electron chi connectivity index (χ3n) is 6.03. The van der Waals surface area contributed by atoms with Crippen LogP contribution in [0, 0.1) is 6.92 Å². The Hall–Kier alpha value is -3.86. The largest absolute Gasteiger partial charge is 0.420 e. The number of ether oxygens (including phenoxy) is 1. The molecule has 0 aliphatic carbocycles. The topological polar surface area (TPSA) is 210 Å². The second kappa shape index (κ2) is 8.66. The molecule has 4 N–H and O–H groups in total. The van der Waals surface area contributed by atoms with Crippen LogP contribution in [0.3, 0.4) is 0 Å². The molecule has 3 aromatic heterocycles. The van der Waals surface area contributed by atoms with Gasteiger partial charge in [0.25, 0.3) is 5.56 Å². The van der Waals surface area contributed by atoms with E-state index in [1.165, 1.54) is 38.2 Å². The van der Waals surface area contributed by atoms with E-state index < -0.39 is 45.4 Å². The van der Waals surface area contributed by atoms with Crippen LogP contribution < -0.4 is 22.1 Å². The summed E-state index contributed by atoms with van der Waals surface area (Å²) >= 11 is 0. The van der Waals surface area contributed by atoms with Crippen molar-refractivity contribution >= 4 is 21.1 Å². The summed E-state index contributed by atoms with van der Waals surface area (Å²) in [5.41, 5.74) is -0.0762. The van der Waals surface area contributed by atoms with Gasteiger partial charge in [-0.1, -0.05) is 5.21 Å². The highest BCUT2D eigenvalue weighted by atomic mass is 32.2. The van der Waals surface area contributed by atoms with Crippen LogP contribution >= 0.6 is 0 Å². The Morgan fingerprint density at radius 3 is 2.75 bits per heavy atom. The number of fused-ring (bicyclic) bond motifs is 1. The van der Waals surface area contributed by atoms with Crippen LogP contribution in [-0.2, 0) is 21.3 Å². The number of nitrogens with two attached hydrogens (primary N) is 1. The summed E-state index contributed by atoms with van der Waals surface area (Å²) in [6.07, 6.45) is 1.70. The number of aliphatic hydroxyl groups is 1. The second-order valence-corrected chi connectivity index (χ2v) is 9.97. The molecule has 4 heterocycles. The lowest BCUT2D eigenvalue weighted by Gasteiger charge is -2.15. The van der Waals surface area contributed by atoms with E-state index in [4.69, 9.17) is 14.3 Å². The Kier molecular flexibility index (Phi) is 5.74. The quantitative estimate of drug-likeness (QED) is 0.270. The molecular formula is C20H21N7O8S. The van der Waals surface area contributed by atoms with E-state index in [-0.39, 0.29) is 35.6 Å². The lowest BCUT2D eigenvalue weighted by atomic mass is 10.1. The predicted octanol–water partition coefficient (Wildman–Crippen LogP) is -1.44. The maximum atomic E-state index is 12.4. The minimum atomic E-state index is -4.00. The van der Waals surface area contributed by atoms with Gasteiger partial charge in [0, 0.05) is 18.2 Å². The molecule has 0 radical (unpaired) electrons. The SMILES string of the molecule is Cc1cn([C@H]2C[C@H](n3cc(Cn4c(=O)oc5ccc(S(N)(=O)=O)cc54)nn3)[C@@H](CO)O2)c(=O)[nH]c1=O. The average Bonchev–Trinajstić information content (AvgIpc) is 3.53. The number of aryl methyl sites for hydroxylation is 1. The first-order valence-corrected chi connectivity index (χ1v) is 12.2. The molecule has 1 fully saturated rings. The molecule has 1 aromatic carbocycles. The van der Waals surface area contributed by atoms with Crippen molar-refractivity contribution in [3.05, 3.63) is 73.2 Å². The number of oxazole rings is 1. The van der Waals surface area contributed by atoms with E-state index in [9.17, 15) is 27.9 Å². The minimum absolute atomic E-state index is 0.0840. The van der Waals surface area contributed by atoms with Crippen LogP contribution in [0.15, 0.2) is 54.3 Å². The summed E-state index contributed by atoms with van der Waals surface area (Å²) in [6, 6.07) is 3.31. The summed E-state index contributed by atoms with van der Waals surface area (Å²) in [4.78, 5) is 38.4. The van der Waals surface area contributed by atoms with Gasteiger partial charge in [0.05, 0.1) is 35.8 Å². The molecular weight excluding hydrogens is 498 g/mol. The summed E-state index contributed by atoms with van der Waals surface area (Å²) < 4.78 is 38.3. The first-order chi connectivity index (χ1) is 17.0. The van der Waals surface area contributed by atoms with Crippen molar-refractivity contribution in [2.24, 2.45) is 5.14 Å². The van der Waals surface area contributed by atoms with Gasteiger partial charge >= 0.3 is 11.4 Å². The number of nitrogens with zero attached hydrogens (tertiary/aromatic N) is 5. The molecule has 3 atom stereocenters. The number of aromatic amines is 1. The lowest BCUT2D eigenvalue weighted by Crippen LogP contribution is -2.33. The number of benzene rings is 1. The summed E-state index contributed by atoms with van der Waals surface area (Å²) in [5.74, 6) is -0.726. The van der Waals surface area contributed by atoms with E-state index in [1.54, 1.807) is 13.1 Å². The summed E-state index contributed by atoms with van der Waals surface area (Å²) in [6.45, 7) is 1.11. The number of rotatable bonds is 6. The molecule has 190 valence electrons. The Morgan fingerprint density at radius 2 is 2.03 bits per heavy atom. The van der Waals surface area contributed by atoms with E-state index in [0.717, 1.165) is 0 Å². The number of aliphatic hydroxyl groups excluding tert-OH is 1. The molecule has 4 aromatic rings. The monoisotopic (exact) mass is 519 g/mol. The van der Waals surface area contributed by atoms with E-state index in [2.05, 4.69) is 15.3 Å². The average molecular weight is 519 g/mol. The molecule has 0 amide bonds. The first kappa shape index (κ1) is 23.9. The molecule has 1 saturated heterocycles. The summed E-state index contributed by atoms with van der Waals surface area (Å²) in [7, 11) is -4.00. The third-order valence-corrected chi connectivity index (χ3v) is 6.94. The third kappa shape index (κ3) is 4.19. The number of primary sulfonamides is 1. The van der Waals surface area contributed by atoms with Crippen LogP contribution in [-0.4, -0.2) is 55.3 Å². The van der Waals surface area contributed by atoms with Crippen LogP contribution in [0.2, 0.25) is 0 Å². The molecule has 0 spiro atoms. The van der Waals surface area contributed by atoms with Crippen molar-refractivity contribution in [3.8, 4) is 0 Å². The molecule has 1 aliphatic heterocycles. The van der Waals surface area contributed by atoms with Gasteiger partial charge in [-0.2, -0.15) is 0 Å². The van der Waals surface area contributed by atoms with Gasteiger partial charge < -0.3 is 14.3 Å². The number of hydrogen-bond donors (Lipinski definition) is 3. The molecule has 0 bridgehead atoms. The van der Waals surface area contributed by atoms with Gasteiger partial charge in [-0.3, -0.25) is 18.9 Å². The molecule has 1 aliphatic rings. The van der Waals surface area contributed by atoms with Crippen molar-refractivity contribution in [1.82, 2.24) is 29.1 Å². The lowest BCUT2D eigenvalue weighted by molar-refractivity contribution is -0.0323. The zero-order valence-corrected chi connectivity index (χ0v) is 19.6. The highest BCUT2D eigenvalue weighted by Gasteiger charge is 2.38. The smallest absolute Gasteiger partial charge is 0.408 e. The van der Waals surface area contributed by atoms with E-state index >= 15 is 0 Å². The standard InChI is InChI=1S/C20H21N7O8S/c1-10-6-26(19(30)22-18(10)29)17-5-14(16(9-28)34-17)27-8-11(23-24-27)7-25-13-4-12(36(21,32)33)2-3-15(13)35-20(25)31/h2-4,6,8,14,16-17,28H,5,7,9H2,1H3,(H2,21,32,33)(H,22,29,30)/t14-,16+,17+/m0/s1. The van der Waals surface area contributed by atoms with E-state index in [0.29, 0.717) is 11.3 Å². The Morgan fingerprint density at radius 1 is 1.25 bits per heavy atom. The van der Waals surface area contributed by atoms with Crippen molar-refractivity contribution in [2.75, 3.05) is 6.61 Å². The second-order valence-electron chi connectivity index (χ2n) is 8.41. The molecule has 5 rings (SSSR count). The van der Waals surface area contributed by atoms with Gasteiger partial charge in [-0.15, -0.1) is 5.10 Å². The highest BCUT2D eigenvalue weighted by Crippen LogP contribution is 2.35. The molecule has 16 heteroatoms. The Labute approximate surface area is 201 Å². The number of H-pyrrole nitrogens is 1. The zero-order chi connectivity index (χ0) is 25.8. The van der Waals surface area contributed by atoms with Crippen LogP contribution in [0.25, 0.3) is 11.1 Å². The van der Waals surface area contributed by atoms with Crippen LogP contribution in [0.5, 0.6) is 0 Å². The fourth-order valence-electron chi connectivity index (χ4n) is 4.21. The fraction of sp³-hybridized carbons (Fsp3) is 0.350. The van der Waals surface area contributed by atoms with Gasteiger partial charge in [0.2, 0.25) is 10.0 Å². The number of aromatic nitrogens is 6. The van der Waals surface area contributed by atoms with Crippen molar-refractivity contribution in [3.63, 3.8) is 0 Å². The molecule has 36 heavy (non-hydrogen) atoms. The minimum Gasteiger partial charge on any atom is -0.408 e. The fourth-order valence-corrected chi connectivity index (χ4v) is 4.74. The van der Waals surface area contributed by atoms with Crippen molar-refractivity contribution in [2.45, 2.75) is 43.2 Å². The van der Waals surface area contributed by atoms with Crippen LogP contribution in [0.1, 0.15) is 29.9 Å². The summed E-state index contributed by atoms with van der Waals surface area (Å²) in [5, 5.41) is 23.2.